The average molecular weight is 1060 g/mol. The number of ketones is 2. The molecule has 4 aliphatic carbocycles. The Morgan fingerprint density at radius 1 is 0.868 bits per heavy atom. The van der Waals surface area contributed by atoms with E-state index in [4.69, 9.17) is 16.2 Å². The highest BCUT2D eigenvalue weighted by Crippen LogP contribution is 2.57. The second kappa shape index (κ2) is 23.2. The second-order valence-corrected chi connectivity index (χ2v) is 24.9. The number of aliphatic hydroxyl groups excluding tert-OH is 3. The van der Waals surface area contributed by atoms with Crippen molar-refractivity contribution in [1.29, 1.82) is 0 Å². The van der Waals surface area contributed by atoms with Crippen LogP contribution in [0.25, 0.3) is 0 Å². The molecule has 1 aromatic heterocycles. The number of phenols is 2. The predicted octanol–water partition coefficient (Wildman–Crippen LogP) is 10.0. The van der Waals surface area contributed by atoms with Crippen LogP contribution >= 0.6 is 21.6 Å². The first-order valence-corrected chi connectivity index (χ1v) is 29.5. The van der Waals surface area contributed by atoms with Crippen LogP contribution in [-0.4, -0.2) is 73.3 Å². The Morgan fingerprint density at radius 2 is 1.68 bits per heavy atom. The number of carbonyl (C=O) groups excluding carboxylic acids is 2. The van der Waals surface area contributed by atoms with Crippen LogP contribution < -0.4 is 16.2 Å². The minimum Gasteiger partial charge on any atom is -0.508 e. The average Bonchev–Trinajstić information content (AvgIpc) is 4.07. The van der Waals surface area contributed by atoms with Gasteiger partial charge in [-0.2, -0.15) is 0 Å². The Balaban J connectivity index is 0.982. The number of aromatic amines is 1. The van der Waals surface area contributed by atoms with Crippen molar-refractivity contribution in [3.8, 4) is 29.1 Å². The van der Waals surface area contributed by atoms with Gasteiger partial charge >= 0.3 is 0 Å². The maximum Gasteiger partial charge on any atom is 0.165 e. The number of H-pyrrole nitrogens is 1. The van der Waals surface area contributed by atoms with Crippen molar-refractivity contribution in [2.75, 3.05) is 19.0 Å². The van der Waals surface area contributed by atoms with Crippen molar-refractivity contribution in [2.24, 2.45) is 40.1 Å². The van der Waals surface area contributed by atoms with Gasteiger partial charge in [-0.05, 0) is 162 Å². The molecule has 0 saturated heterocycles. The zero-order valence-electron chi connectivity index (χ0n) is 43.3. The molecule has 0 spiro atoms. The Bertz CT molecular complexity index is 3080. The summed E-state index contributed by atoms with van der Waals surface area (Å²) in [5.41, 5.74) is 21.4. The Kier molecular flexibility index (Phi) is 16.4. The Labute approximate surface area is 454 Å². The van der Waals surface area contributed by atoms with Gasteiger partial charge in [0.2, 0.25) is 0 Å². The highest BCUT2D eigenvalue weighted by Gasteiger charge is 2.50. The maximum atomic E-state index is 14.3. The number of allylic oxidation sites excluding steroid dienone is 4. The summed E-state index contributed by atoms with van der Waals surface area (Å²) < 4.78 is 6.21. The Hall–Kier alpha value is -5.56. The first kappa shape index (κ1) is 53.8. The number of phenolic OH excluding ortho intramolecular Hbond substituents is 2. The molecular weight excluding hydrogens is 991 g/mol. The van der Waals surface area contributed by atoms with Crippen molar-refractivity contribution in [2.45, 2.75) is 120 Å². The van der Waals surface area contributed by atoms with E-state index in [0.717, 1.165) is 59.2 Å². The number of carbonyl (C=O) groups is 2. The summed E-state index contributed by atoms with van der Waals surface area (Å²) in [5, 5.41) is 56.4. The number of ether oxygens (including phenoxy) is 1. The summed E-state index contributed by atoms with van der Waals surface area (Å²) >= 11 is 0. The van der Waals surface area contributed by atoms with E-state index in [-0.39, 0.29) is 78.2 Å². The Morgan fingerprint density at radius 3 is 2.50 bits per heavy atom. The fraction of sp³-hybridized carbons (Fsp3) is 0.429. The first-order valence-electron chi connectivity index (χ1n) is 27.0. The van der Waals surface area contributed by atoms with Crippen LogP contribution in [0.15, 0.2) is 109 Å². The molecule has 2 heterocycles. The van der Waals surface area contributed by atoms with E-state index in [0.29, 0.717) is 72.5 Å². The van der Waals surface area contributed by atoms with Crippen molar-refractivity contribution in [3.05, 3.63) is 171 Å². The lowest BCUT2D eigenvalue weighted by Gasteiger charge is -2.41. The molecule has 11 nitrogen and oxygen atoms in total. The molecule has 0 radical (unpaired) electrons. The molecule has 8 bridgehead atoms. The molecule has 398 valence electrons. The fourth-order valence-electron chi connectivity index (χ4n) is 13.4. The van der Waals surface area contributed by atoms with Gasteiger partial charge in [0.15, 0.2) is 23.1 Å². The molecule has 1 saturated carbocycles. The molecule has 9 unspecified atom stereocenters. The monoisotopic (exact) mass is 1060 g/mol. The van der Waals surface area contributed by atoms with E-state index in [9.17, 15) is 35.1 Å². The molecule has 4 aromatic carbocycles. The van der Waals surface area contributed by atoms with Gasteiger partial charge in [-0.25, -0.2) is 0 Å². The third-order valence-corrected chi connectivity index (χ3v) is 19.7. The zero-order valence-corrected chi connectivity index (χ0v) is 44.9. The standard InChI is InChI=1S/C63H71N3O8S2/c1-38(68)32-63(20-15-43-27-44(35-67)48-7-3-2-5-42(48)30-54(43)63)22-21-62-19-16-47(69)12-9-39-11-14-57(71)60(26-39)74-24-18-40-10-13-56(70)53(25-40)52-31-58(72)49-17-23-66-55(49)8-4-6-41-28-51(61(64)65)45(29-50(41)52)36-75-76-37-46(33-62)59(73)34-62/h2-3,5,7,10-11,13-17,19-20,23,25-26,28-29,38,43-44,46,52,54,59,61,66-68,70-71,73H,8-9,12,18,21-22,24,27,30-37,64-65H2,1H3. The lowest BCUT2D eigenvalue weighted by atomic mass is 9.64. The van der Waals surface area contributed by atoms with Gasteiger partial charge < -0.3 is 46.7 Å². The molecule has 13 heteroatoms. The fourth-order valence-corrected chi connectivity index (χ4v) is 15.9. The number of benzene rings is 4. The normalized spacial score (nSPS) is 27.1. The van der Waals surface area contributed by atoms with Gasteiger partial charge in [0.1, 0.15) is 5.75 Å². The van der Waals surface area contributed by atoms with Gasteiger partial charge in [-0.15, -0.1) is 0 Å². The van der Waals surface area contributed by atoms with Crippen LogP contribution in [0.1, 0.15) is 142 Å². The quantitative estimate of drug-likeness (QED) is 0.0331. The lowest BCUT2D eigenvalue weighted by molar-refractivity contribution is -0.114. The third kappa shape index (κ3) is 11.7. The minimum atomic E-state index is -0.816. The molecule has 76 heavy (non-hydrogen) atoms. The maximum absolute atomic E-state index is 14.3. The number of fused-ring (bicyclic) bond motifs is 11. The third-order valence-electron chi connectivity index (χ3n) is 17.3. The number of nitrogens with two attached hydrogens (primary N) is 2. The van der Waals surface area contributed by atoms with Crippen molar-refractivity contribution in [1.82, 2.24) is 4.98 Å². The summed E-state index contributed by atoms with van der Waals surface area (Å²) in [4.78, 5) is 31.5. The molecule has 1 fully saturated rings. The number of Topliss-reactive ketones (excluding diaryl/α,β-unsaturated/α-hetero) is 1. The zero-order chi connectivity index (χ0) is 53.1. The van der Waals surface area contributed by atoms with Gasteiger partial charge in [0.05, 0.1) is 31.4 Å². The number of aryl methyl sites for hydroxylation is 1. The summed E-state index contributed by atoms with van der Waals surface area (Å²) in [5.74, 6) is 7.92. The number of rotatable bonds is 7. The van der Waals surface area contributed by atoms with Gasteiger partial charge in [-0.1, -0.05) is 100 Å². The molecule has 9 atom stereocenters. The summed E-state index contributed by atoms with van der Waals surface area (Å²) in [7, 11) is 3.34. The number of nitrogens with one attached hydrogen (secondary N) is 1. The van der Waals surface area contributed by atoms with Crippen LogP contribution in [0.2, 0.25) is 0 Å². The van der Waals surface area contributed by atoms with E-state index in [2.05, 4.69) is 65.4 Å². The van der Waals surface area contributed by atoms with E-state index >= 15 is 0 Å². The van der Waals surface area contributed by atoms with E-state index in [1.54, 1.807) is 64.2 Å². The molecule has 1 aliphatic heterocycles. The van der Waals surface area contributed by atoms with Crippen LogP contribution in [-0.2, 0) is 36.2 Å². The summed E-state index contributed by atoms with van der Waals surface area (Å²) in [6.45, 7) is 2.16. The summed E-state index contributed by atoms with van der Waals surface area (Å²) in [6, 6.07) is 24.9. The van der Waals surface area contributed by atoms with Gasteiger partial charge in [0.25, 0.3) is 0 Å². The van der Waals surface area contributed by atoms with Crippen LogP contribution in [0.4, 0.5) is 0 Å². The molecule has 10 N–H and O–H groups in total. The van der Waals surface area contributed by atoms with Crippen LogP contribution in [0.5, 0.6) is 17.2 Å². The minimum absolute atomic E-state index is 0.0152. The molecule has 0 amide bonds. The number of hydrogen-bond donors (Lipinski definition) is 8. The van der Waals surface area contributed by atoms with Gasteiger partial charge in [-0.3, -0.25) is 9.59 Å². The predicted molar refractivity (Wildman–Crippen MR) is 301 cm³/mol. The van der Waals surface area contributed by atoms with Crippen molar-refractivity contribution >= 4 is 33.2 Å². The number of aromatic hydroxyl groups is 2. The van der Waals surface area contributed by atoms with E-state index in [1.165, 1.54) is 11.1 Å². The smallest absolute Gasteiger partial charge is 0.165 e. The largest absolute Gasteiger partial charge is 0.508 e. The highest BCUT2D eigenvalue weighted by atomic mass is 33.1. The number of hydrogen-bond acceptors (Lipinski definition) is 12. The lowest BCUT2D eigenvalue weighted by Crippen LogP contribution is -2.35. The van der Waals surface area contributed by atoms with E-state index in [1.807, 2.05) is 25.1 Å². The molecular formula is C63H71N3O8S2. The van der Waals surface area contributed by atoms with Crippen LogP contribution in [0, 0.1) is 40.4 Å². The highest BCUT2D eigenvalue weighted by molar-refractivity contribution is 8.76. The number of aliphatic hydroxyl groups is 3. The van der Waals surface area contributed by atoms with Crippen LogP contribution in [0.3, 0.4) is 0 Å². The van der Waals surface area contributed by atoms with Gasteiger partial charge in [0, 0.05) is 77.8 Å². The first-order chi connectivity index (χ1) is 36.7. The molecule has 10 rings (SSSR count). The number of aromatic nitrogens is 1. The topological polar surface area (TPSA) is 212 Å². The second-order valence-electron chi connectivity index (χ2n) is 22.4. The molecule has 5 aliphatic rings. The summed E-state index contributed by atoms with van der Waals surface area (Å²) in [6.07, 6.45) is 14.8. The van der Waals surface area contributed by atoms with Crippen molar-refractivity contribution < 1.29 is 39.9 Å². The molecule has 5 aromatic rings. The van der Waals surface area contributed by atoms with E-state index < -0.39 is 29.7 Å². The van der Waals surface area contributed by atoms with Crippen molar-refractivity contribution in [3.63, 3.8) is 0 Å². The SMILES string of the molecule is CC(O)CC1(CCC23C=CC(=O)CCc4ccc(O)c(c4)OCCc4ccc(O)c(c4)C4CC(=O)c5cc[nH]c5CC#Cc5cc(C(N)N)c(cc54)CSSCC(C2)C(O)C3)C=CC2CC(CO)c3ccccc3CC21.